The van der Waals surface area contributed by atoms with Gasteiger partial charge >= 0.3 is 0 Å². The lowest BCUT2D eigenvalue weighted by Gasteiger charge is -2.09. The topological polar surface area (TPSA) is 55.1 Å². The first-order valence-electron chi connectivity index (χ1n) is 5.80. The van der Waals surface area contributed by atoms with Crippen LogP contribution in [0.5, 0.6) is 0 Å². The smallest absolute Gasteiger partial charge is 0.237 e. The Bertz CT molecular complexity index is 217. The molecule has 3 heteroatoms. The van der Waals surface area contributed by atoms with Gasteiger partial charge in [-0.15, -0.1) is 0 Å². The van der Waals surface area contributed by atoms with Crippen LogP contribution in [0.25, 0.3) is 0 Å². The Morgan fingerprint density at radius 3 is 2.50 bits per heavy atom. The third-order valence-corrected chi connectivity index (χ3v) is 3.74. The van der Waals surface area contributed by atoms with Gasteiger partial charge < -0.3 is 11.1 Å². The van der Waals surface area contributed by atoms with E-state index >= 15 is 0 Å². The molecule has 2 aliphatic carbocycles. The van der Waals surface area contributed by atoms with Crippen molar-refractivity contribution in [3.63, 3.8) is 0 Å². The van der Waals surface area contributed by atoms with Crippen molar-refractivity contribution < 1.29 is 4.79 Å². The maximum absolute atomic E-state index is 11.5. The number of rotatable bonds is 3. The van der Waals surface area contributed by atoms with Crippen molar-refractivity contribution in [1.29, 1.82) is 0 Å². The van der Waals surface area contributed by atoms with Crippen molar-refractivity contribution >= 4 is 5.91 Å². The predicted molar refractivity (Wildman–Crippen MR) is 55.6 cm³/mol. The van der Waals surface area contributed by atoms with Crippen LogP contribution < -0.4 is 11.1 Å². The van der Waals surface area contributed by atoms with Crippen LogP contribution in [-0.4, -0.2) is 18.0 Å². The summed E-state index contributed by atoms with van der Waals surface area (Å²) in [7, 11) is 0. The van der Waals surface area contributed by atoms with Gasteiger partial charge in [0.15, 0.2) is 0 Å². The summed E-state index contributed by atoms with van der Waals surface area (Å²) < 4.78 is 0. The minimum absolute atomic E-state index is 0.0481. The lowest BCUT2D eigenvalue weighted by Crippen LogP contribution is -2.41. The number of nitrogens with two attached hydrogens (primary N) is 1. The number of hydrogen-bond acceptors (Lipinski definition) is 2. The molecular weight excluding hydrogens is 176 g/mol. The normalized spacial score (nSPS) is 37.1. The number of amides is 1. The highest BCUT2D eigenvalue weighted by Crippen LogP contribution is 2.49. The molecule has 0 spiro atoms. The van der Waals surface area contributed by atoms with Gasteiger partial charge in [-0.2, -0.15) is 0 Å². The van der Waals surface area contributed by atoms with Crippen LogP contribution >= 0.6 is 0 Å². The first-order valence-corrected chi connectivity index (χ1v) is 5.80. The second kappa shape index (κ2) is 3.89. The summed E-state index contributed by atoms with van der Waals surface area (Å²) in [4.78, 5) is 11.5. The highest BCUT2D eigenvalue weighted by Gasteiger charge is 2.51. The summed E-state index contributed by atoms with van der Waals surface area (Å²) in [6.07, 6.45) is 6.02. The molecule has 0 saturated heterocycles. The van der Waals surface area contributed by atoms with Crippen molar-refractivity contribution in [3.05, 3.63) is 0 Å². The monoisotopic (exact) mass is 196 g/mol. The van der Waals surface area contributed by atoms with E-state index in [0.29, 0.717) is 6.04 Å². The summed E-state index contributed by atoms with van der Waals surface area (Å²) in [6.45, 7) is 1.95. The molecule has 3 atom stereocenters. The average molecular weight is 196 g/mol. The minimum atomic E-state index is -0.308. The van der Waals surface area contributed by atoms with Gasteiger partial charge in [-0.05, 0) is 31.1 Å². The number of fused-ring (bicyclic) bond motifs is 1. The molecule has 0 radical (unpaired) electrons. The van der Waals surface area contributed by atoms with E-state index in [1.807, 2.05) is 6.92 Å². The van der Waals surface area contributed by atoms with Crippen molar-refractivity contribution in [2.24, 2.45) is 17.6 Å². The van der Waals surface area contributed by atoms with E-state index < -0.39 is 0 Å². The van der Waals surface area contributed by atoms with E-state index in [0.717, 1.165) is 18.3 Å². The molecule has 3 nitrogen and oxygen atoms in total. The minimum Gasteiger partial charge on any atom is -0.351 e. The van der Waals surface area contributed by atoms with Gasteiger partial charge in [0.2, 0.25) is 5.91 Å². The maximum Gasteiger partial charge on any atom is 0.237 e. The quantitative estimate of drug-likeness (QED) is 0.708. The Morgan fingerprint density at radius 2 is 2.00 bits per heavy atom. The van der Waals surface area contributed by atoms with Crippen LogP contribution in [0.3, 0.4) is 0 Å². The molecule has 2 fully saturated rings. The SMILES string of the molecule is CC[C@H](N)C(=O)NC1C2CCCCC21. The fourth-order valence-corrected chi connectivity index (χ4v) is 2.66. The number of carbonyl (C=O) groups is 1. The van der Waals surface area contributed by atoms with E-state index in [-0.39, 0.29) is 11.9 Å². The first kappa shape index (κ1) is 9.97. The van der Waals surface area contributed by atoms with Gasteiger partial charge in [-0.3, -0.25) is 4.79 Å². The highest BCUT2D eigenvalue weighted by molar-refractivity contribution is 5.82. The van der Waals surface area contributed by atoms with Crippen LogP contribution in [0.1, 0.15) is 39.0 Å². The average Bonchev–Trinajstić information content (AvgIpc) is 2.91. The van der Waals surface area contributed by atoms with E-state index in [4.69, 9.17) is 5.73 Å². The summed E-state index contributed by atoms with van der Waals surface area (Å²) in [5, 5.41) is 3.08. The number of carbonyl (C=O) groups excluding carboxylic acids is 1. The van der Waals surface area contributed by atoms with Crippen LogP contribution in [0, 0.1) is 11.8 Å². The molecule has 0 aromatic heterocycles. The Kier molecular flexibility index (Phi) is 2.77. The molecule has 3 N–H and O–H groups in total. The summed E-state index contributed by atoms with van der Waals surface area (Å²) >= 11 is 0. The molecule has 0 aliphatic heterocycles. The maximum atomic E-state index is 11.5. The Balaban J connectivity index is 1.79. The van der Waals surface area contributed by atoms with E-state index in [1.54, 1.807) is 0 Å². The molecule has 80 valence electrons. The summed E-state index contributed by atoms with van der Waals surface area (Å²) in [5.74, 6) is 1.60. The molecule has 1 amide bonds. The van der Waals surface area contributed by atoms with Crippen molar-refractivity contribution in [3.8, 4) is 0 Å². The Morgan fingerprint density at radius 1 is 1.43 bits per heavy atom. The van der Waals surface area contributed by atoms with Gasteiger partial charge in [-0.1, -0.05) is 19.8 Å². The molecule has 2 aliphatic rings. The predicted octanol–water partition coefficient (Wildman–Crippen LogP) is 1.03. The number of nitrogens with one attached hydrogen (secondary N) is 1. The molecule has 14 heavy (non-hydrogen) atoms. The lowest BCUT2D eigenvalue weighted by atomic mass is 10.0. The lowest BCUT2D eigenvalue weighted by molar-refractivity contribution is -0.122. The molecule has 0 heterocycles. The third-order valence-electron chi connectivity index (χ3n) is 3.74. The zero-order valence-electron chi connectivity index (χ0n) is 8.83. The zero-order valence-corrected chi connectivity index (χ0v) is 8.83. The number of hydrogen-bond donors (Lipinski definition) is 2. The van der Waals surface area contributed by atoms with Crippen molar-refractivity contribution in [2.45, 2.75) is 51.1 Å². The standard InChI is InChI=1S/C11H20N2O/c1-2-9(12)11(14)13-10-7-5-3-4-6-8(7)10/h7-10H,2-6,12H2,1H3,(H,13,14)/t7?,8?,9-,10?/m0/s1. The molecule has 0 bridgehead atoms. The van der Waals surface area contributed by atoms with E-state index in [2.05, 4.69) is 5.32 Å². The fraction of sp³-hybridized carbons (Fsp3) is 0.909. The summed E-state index contributed by atoms with van der Waals surface area (Å²) in [6, 6.07) is 0.153. The molecule has 2 saturated carbocycles. The van der Waals surface area contributed by atoms with Crippen LogP contribution in [0.2, 0.25) is 0 Å². The van der Waals surface area contributed by atoms with Crippen LogP contribution in [0.15, 0.2) is 0 Å². The van der Waals surface area contributed by atoms with Gasteiger partial charge in [0.25, 0.3) is 0 Å². The molecular formula is C11H20N2O. The van der Waals surface area contributed by atoms with E-state index in [9.17, 15) is 4.79 Å². The first-order chi connectivity index (χ1) is 6.74. The largest absolute Gasteiger partial charge is 0.351 e. The van der Waals surface area contributed by atoms with Crippen molar-refractivity contribution in [1.82, 2.24) is 5.32 Å². The van der Waals surface area contributed by atoms with E-state index in [1.165, 1.54) is 25.7 Å². The second-order valence-corrected chi connectivity index (χ2v) is 4.66. The highest BCUT2D eigenvalue weighted by atomic mass is 16.2. The summed E-state index contributed by atoms with van der Waals surface area (Å²) in [5.41, 5.74) is 5.67. The van der Waals surface area contributed by atoms with Crippen LogP contribution in [0.4, 0.5) is 0 Å². The molecule has 2 rings (SSSR count). The zero-order chi connectivity index (χ0) is 10.1. The van der Waals surface area contributed by atoms with Gasteiger partial charge in [0.05, 0.1) is 6.04 Å². The second-order valence-electron chi connectivity index (χ2n) is 4.66. The third kappa shape index (κ3) is 1.78. The fourth-order valence-electron chi connectivity index (χ4n) is 2.66. The van der Waals surface area contributed by atoms with Gasteiger partial charge in [0, 0.05) is 6.04 Å². The van der Waals surface area contributed by atoms with Crippen LogP contribution in [-0.2, 0) is 4.79 Å². The van der Waals surface area contributed by atoms with Gasteiger partial charge in [-0.25, -0.2) is 0 Å². The molecule has 0 aromatic carbocycles. The Hall–Kier alpha value is -0.570. The Labute approximate surface area is 85.4 Å². The molecule has 2 unspecified atom stereocenters. The molecule has 0 aromatic rings. The van der Waals surface area contributed by atoms with Crippen molar-refractivity contribution in [2.75, 3.05) is 0 Å². The van der Waals surface area contributed by atoms with Gasteiger partial charge in [0.1, 0.15) is 0 Å².